The first-order chi connectivity index (χ1) is 10.3. The number of nitrogens with one attached hydrogen (secondary N) is 1. The van der Waals surface area contributed by atoms with Gasteiger partial charge in [0.05, 0.1) is 18.0 Å². The molecule has 0 aliphatic rings. The first-order valence-electron chi connectivity index (χ1n) is 6.48. The third kappa shape index (κ3) is 4.25. The smallest absolute Gasteiger partial charge is 0.334 e. The highest BCUT2D eigenvalue weighted by molar-refractivity contribution is 5.78. The number of aryl methyl sites for hydroxylation is 2. The molecule has 1 aromatic heterocycles. The monoisotopic (exact) mass is 314 g/mol. The minimum atomic E-state index is -1.17. The molecule has 1 atom stereocenters. The van der Waals surface area contributed by atoms with Crippen LogP contribution < -0.4 is 5.32 Å². The van der Waals surface area contributed by atoms with Crippen molar-refractivity contribution in [3.63, 3.8) is 0 Å². The Kier molecular flexibility index (Phi) is 5.99. The third-order valence-electron chi connectivity index (χ3n) is 3.12. The zero-order chi connectivity index (χ0) is 16.9. The normalized spacial score (nSPS) is 12.0. The van der Waals surface area contributed by atoms with Gasteiger partial charge in [-0.1, -0.05) is 0 Å². The van der Waals surface area contributed by atoms with Gasteiger partial charge in [0, 0.05) is 13.5 Å². The second-order valence-electron chi connectivity index (χ2n) is 4.62. The molecule has 0 fully saturated rings. The topological polar surface area (TPSA) is 137 Å². The van der Waals surface area contributed by atoms with Crippen LogP contribution >= 0.6 is 0 Å². The molecule has 0 bridgehead atoms. The molecule has 0 saturated heterocycles. The lowest BCUT2D eigenvalue weighted by molar-refractivity contribution is -0.386. The molecule has 0 spiro atoms. The summed E-state index contributed by atoms with van der Waals surface area (Å²) in [5.41, 5.74) is 0.592. The Bertz CT molecular complexity index is 582. The second kappa shape index (κ2) is 7.50. The maximum Gasteiger partial charge on any atom is 0.334 e. The first-order valence-corrected chi connectivity index (χ1v) is 6.48. The molecule has 1 rings (SSSR count). The van der Waals surface area contributed by atoms with Crippen molar-refractivity contribution in [1.29, 1.82) is 0 Å². The van der Waals surface area contributed by atoms with Gasteiger partial charge >= 0.3 is 11.7 Å². The minimum Gasteiger partial charge on any atom is -0.479 e. The average molecular weight is 314 g/mol. The van der Waals surface area contributed by atoms with Crippen LogP contribution in [0.15, 0.2) is 0 Å². The number of nitro groups is 1. The Labute approximate surface area is 126 Å². The fourth-order valence-electron chi connectivity index (χ4n) is 1.94. The van der Waals surface area contributed by atoms with E-state index in [0.29, 0.717) is 5.69 Å². The fraction of sp³-hybridized carbons (Fsp3) is 0.583. The number of carbonyl (C=O) groups excluding carboxylic acids is 1. The summed E-state index contributed by atoms with van der Waals surface area (Å²) < 4.78 is 6.07. The number of hydrogen-bond donors (Lipinski definition) is 2. The maximum absolute atomic E-state index is 11.7. The SMILES string of the molecule is COC(CNC(=O)CCn1nc(C)c([N+](=O)[O-])c1C)C(=O)O. The van der Waals surface area contributed by atoms with Crippen LogP contribution in [0.1, 0.15) is 17.8 Å². The molecule has 0 aliphatic heterocycles. The highest BCUT2D eigenvalue weighted by atomic mass is 16.6. The van der Waals surface area contributed by atoms with Crippen LogP contribution in [0.25, 0.3) is 0 Å². The Morgan fingerprint density at radius 3 is 2.59 bits per heavy atom. The van der Waals surface area contributed by atoms with E-state index in [9.17, 15) is 19.7 Å². The van der Waals surface area contributed by atoms with Gasteiger partial charge < -0.3 is 15.2 Å². The van der Waals surface area contributed by atoms with E-state index < -0.39 is 22.9 Å². The van der Waals surface area contributed by atoms with Gasteiger partial charge in [0.2, 0.25) is 5.91 Å². The summed E-state index contributed by atoms with van der Waals surface area (Å²) in [6.45, 7) is 3.10. The second-order valence-corrected chi connectivity index (χ2v) is 4.62. The fourth-order valence-corrected chi connectivity index (χ4v) is 1.94. The number of hydrogen-bond acceptors (Lipinski definition) is 6. The predicted octanol–water partition coefficient (Wildman–Crippen LogP) is 0.0140. The summed E-state index contributed by atoms with van der Waals surface area (Å²) in [4.78, 5) is 32.7. The lowest BCUT2D eigenvalue weighted by Gasteiger charge is -2.11. The average Bonchev–Trinajstić information content (AvgIpc) is 2.71. The molecule has 1 amide bonds. The van der Waals surface area contributed by atoms with Gasteiger partial charge in [-0.25, -0.2) is 4.79 Å². The molecular formula is C12H18N4O6. The standard InChI is InChI=1S/C12H18N4O6/c1-7-11(16(20)21)8(2)15(14-7)5-4-10(17)13-6-9(22-3)12(18)19/h9H,4-6H2,1-3H3,(H,13,17)(H,18,19). The zero-order valence-electron chi connectivity index (χ0n) is 12.5. The number of aromatic nitrogens is 2. The van der Waals surface area contributed by atoms with E-state index in [-0.39, 0.29) is 30.9 Å². The van der Waals surface area contributed by atoms with Gasteiger partial charge in [0.1, 0.15) is 11.4 Å². The highest BCUT2D eigenvalue weighted by Gasteiger charge is 2.22. The molecule has 1 unspecified atom stereocenters. The predicted molar refractivity (Wildman–Crippen MR) is 74.4 cm³/mol. The van der Waals surface area contributed by atoms with Gasteiger partial charge in [-0.05, 0) is 13.8 Å². The number of rotatable bonds is 8. The van der Waals surface area contributed by atoms with Crippen molar-refractivity contribution in [2.75, 3.05) is 13.7 Å². The van der Waals surface area contributed by atoms with Crippen molar-refractivity contribution in [2.24, 2.45) is 0 Å². The Hall–Kier alpha value is -2.49. The zero-order valence-corrected chi connectivity index (χ0v) is 12.5. The van der Waals surface area contributed by atoms with E-state index in [4.69, 9.17) is 5.11 Å². The summed E-state index contributed by atoms with van der Waals surface area (Å²) in [6.07, 6.45) is -1.09. The number of methoxy groups -OCH3 is 1. The lowest BCUT2D eigenvalue weighted by Crippen LogP contribution is -2.38. The van der Waals surface area contributed by atoms with Crippen LogP contribution in [0.4, 0.5) is 5.69 Å². The Morgan fingerprint density at radius 2 is 2.14 bits per heavy atom. The summed E-state index contributed by atoms with van der Waals surface area (Å²) in [5.74, 6) is -1.56. The van der Waals surface area contributed by atoms with Gasteiger partial charge in [0.25, 0.3) is 0 Å². The number of carboxylic acid groups (broad SMARTS) is 1. The van der Waals surface area contributed by atoms with Crippen LogP contribution in [0.5, 0.6) is 0 Å². The van der Waals surface area contributed by atoms with E-state index in [1.807, 2.05) is 0 Å². The molecule has 0 saturated carbocycles. The first kappa shape index (κ1) is 17.6. The molecule has 22 heavy (non-hydrogen) atoms. The van der Waals surface area contributed by atoms with E-state index >= 15 is 0 Å². The molecular weight excluding hydrogens is 296 g/mol. The molecule has 0 radical (unpaired) electrons. The number of nitrogens with zero attached hydrogens (tertiary/aromatic N) is 3. The van der Waals surface area contributed by atoms with Crippen molar-refractivity contribution in [1.82, 2.24) is 15.1 Å². The van der Waals surface area contributed by atoms with Crippen molar-refractivity contribution >= 4 is 17.6 Å². The van der Waals surface area contributed by atoms with E-state index in [1.165, 1.54) is 18.7 Å². The quantitative estimate of drug-likeness (QED) is 0.509. The van der Waals surface area contributed by atoms with Gasteiger partial charge in [0.15, 0.2) is 6.10 Å². The van der Waals surface area contributed by atoms with Crippen molar-refractivity contribution in [2.45, 2.75) is 32.9 Å². The van der Waals surface area contributed by atoms with Crippen molar-refractivity contribution < 1.29 is 24.4 Å². The summed E-state index contributed by atoms with van der Waals surface area (Å²) >= 11 is 0. The van der Waals surface area contributed by atoms with Crippen molar-refractivity contribution in [3.8, 4) is 0 Å². The summed E-state index contributed by atoms with van der Waals surface area (Å²) in [7, 11) is 1.24. The lowest BCUT2D eigenvalue weighted by atomic mass is 10.3. The number of carboxylic acids is 1. The van der Waals surface area contributed by atoms with E-state index in [0.717, 1.165) is 0 Å². The molecule has 122 valence electrons. The van der Waals surface area contributed by atoms with Gasteiger partial charge in [-0.15, -0.1) is 0 Å². The molecule has 1 aromatic rings. The van der Waals surface area contributed by atoms with Gasteiger partial charge in [-0.2, -0.15) is 5.10 Å². The van der Waals surface area contributed by atoms with Crippen LogP contribution in [0.2, 0.25) is 0 Å². The minimum absolute atomic E-state index is 0.0230. The number of aliphatic carboxylic acids is 1. The highest BCUT2D eigenvalue weighted by Crippen LogP contribution is 2.21. The van der Waals surface area contributed by atoms with E-state index in [2.05, 4.69) is 15.2 Å². The molecule has 10 nitrogen and oxygen atoms in total. The molecule has 1 heterocycles. The van der Waals surface area contributed by atoms with Crippen molar-refractivity contribution in [3.05, 3.63) is 21.5 Å². The molecule has 10 heteroatoms. The van der Waals surface area contributed by atoms with Crippen LogP contribution in [-0.2, 0) is 20.9 Å². The molecule has 2 N–H and O–H groups in total. The Balaban J connectivity index is 2.56. The molecule has 0 aliphatic carbocycles. The van der Waals surface area contributed by atoms with Crippen LogP contribution in [0, 0.1) is 24.0 Å². The largest absolute Gasteiger partial charge is 0.479 e. The summed E-state index contributed by atoms with van der Waals surface area (Å²) in [5, 5.41) is 26.1. The number of amides is 1. The number of ether oxygens (including phenoxy) is 1. The molecule has 0 aromatic carbocycles. The maximum atomic E-state index is 11.7. The van der Waals surface area contributed by atoms with E-state index in [1.54, 1.807) is 6.92 Å². The number of carbonyl (C=O) groups is 2. The summed E-state index contributed by atoms with van der Waals surface area (Å²) in [6, 6.07) is 0. The van der Waals surface area contributed by atoms with Gasteiger partial charge in [-0.3, -0.25) is 19.6 Å². The Morgan fingerprint density at radius 1 is 1.50 bits per heavy atom. The van der Waals surface area contributed by atoms with Crippen LogP contribution in [0.3, 0.4) is 0 Å². The third-order valence-corrected chi connectivity index (χ3v) is 3.12. The van der Waals surface area contributed by atoms with Crippen LogP contribution in [-0.4, -0.2) is 51.4 Å².